The number of carbonyl (C=O) groups excluding carboxylic acids is 2. The average Bonchev–Trinajstić information content (AvgIpc) is 2.57. The molecule has 0 spiro atoms. The molecule has 0 aliphatic heterocycles. The van der Waals surface area contributed by atoms with Crippen molar-refractivity contribution in [2.24, 2.45) is 0 Å². The minimum absolute atomic E-state index is 0.312. The molecule has 25 heavy (non-hydrogen) atoms. The maximum absolute atomic E-state index is 12.8. The highest BCUT2D eigenvalue weighted by atomic mass is 35.5. The monoisotopic (exact) mass is 381 g/mol. The number of carbonyl (C=O) groups is 2. The fourth-order valence-corrected chi connectivity index (χ4v) is 2.17. The number of nitrogens with one attached hydrogen (secondary N) is 1. The van der Waals surface area contributed by atoms with Crippen LogP contribution in [-0.2, 0) is 14.3 Å². The molecule has 1 atom stereocenters. The van der Waals surface area contributed by atoms with E-state index in [-0.39, 0.29) is 5.82 Å². The van der Waals surface area contributed by atoms with Crippen molar-refractivity contribution < 1.29 is 18.7 Å². The van der Waals surface area contributed by atoms with Crippen LogP contribution in [0, 0.1) is 5.82 Å². The zero-order chi connectivity index (χ0) is 18.4. The van der Waals surface area contributed by atoms with Crippen molar-refractivity contribution in [3.8, 4) is 0 Å². The van der Waals surface area contributed by atoms with Gasteiger partial charge in [-0.05, 0) is 48.9 Å². The Kier molecular flexibility index (Phi) is 6.56. The second kappa shape index (κ2) is 8.65. The summed E-state index contributed by atoms with van der Waals surface area (Å²) in [7, 11) is 0. The zero-order valence-corrected chi connectivity index (χ0v) is 14.6. The maximum Gasteiger partial charge on any atom is 0.331 e. The van der Waals surface area contributed by atoms with Gasteiger partial charge in [-0.2, -0.15) is 0 Å². The SMILES string of the molecule is CC(OC(=O)C=Cc1ccc(F)cc1)C(=O)Nc1cc(Cl)ccc1Cl. The van der Waals surface area contributed by atoms with E-state index in [0.29, 0.717) is 21.3 Å². The molecule has 1 amide bonds. The molecule has 0 aliphatic rings. The van der Waals surface area contributed by atoms with Gasteiger partial charge >= 0.3 is 5.97 Å². The number of halogens is 3. The number of ether oxygens (including phenoxy) is 1. The van der Waals surface area contributed by atoms with Gasteiger partial charge in [0, 0.05) is 11.1 Å². The summed E-state index contributed by atoms with van der Waals surface area (Å²) in [6.45, 7) is 1.43. The molecular weight excluding hydrogens is 368 g/mol. The Morgan fingerprint density at radius 3 is 2.52 bits per heavy atom. The van der Waals surface area contributed by atoms with Gasteiger partial charge in [-0.15, -0.1) is 0 Å². The Morgan fingerprint density at radius 2 is 1.84 bits per heavy atom. The molecule has 0 saturated heterocycles. The van der Waals surface area contributed by atoms with E-state index in [4.69, 9.17) is 27.9 Å². The molecule has 0 saturated carbocycles. The minimum atomic E-state index is -1.04. The van der Waals surface area contributed by atoms with Crippen LogP contribution in [-0.4, -0.2) is 18.0 Å². The molecule has 0 aromatic heterocycles. The molecular formula is C18H14Cl2FNO3. The van der Waals surface area contributed by atoms with Crippen LogP contribution < -0.4 is 5.32 Å². The second-order valence-corrected chi connectivity index (χ2v) is 5.92. The summed E-state index contributed by atoms with van der Waals surface area (Å²) in [5.74, 6) is -1.62. The summed E-state index contributed by atoms with van der Waals surface area (Å²) in [6.07, 6.45) is 1.57. The predicted molar refractivity (Wildman–Crippen MR) is 96.1 cm³/mol. The van der Waals surface area contributed by atoms with Gasteiger partial charge < -0.3 is 10.1 Å². The second-order valence-electron chi connectivity index (χ2n) is 5.08. The number of anilines is 1. The summed E-state index contributed by atoms with van der Waals surface area (Å²) in [4.78, 5) is 23.8. The first-order chi connectivity index (χ1) is 11.8. The van der Waals surface area contributed by atoms with E-state index in [9.17, 15) is 14.0 Å². The molecule has 0 bridgehead atoms. The highest BCUT2D eigenvalue weighted by molar-refractivity contribution is 6.35. The maximum atomic E-state index is 12.8. The third-order valence-corrected chi connectivity index (χ3v) is 3.69. The van der Waals surface area contributed by atoms with E-state index < -0.39 is 18.0 Å². The molecule has 130 valence electrons. The van der Waals surface area contributed by atoms with Gasteiger partial charge in [-0.1, -0.05) is 35.3 Å². The Balaban J connectivity index is 1.92. The van der Waals surface area contributed by atoms with Gasteiger partial charge in [-0.3, -0.25) is 4.79 Å². The lowest BCUT2D eigenvalue weighted by atomic mass is 10.2. The fourth-order valence-electron chi connectivity index (χ4n) is 1.83. The van der Waals surface area contributed by atoms with Crippen LogP contribution in [0.5, 0.6) is 0 Å². The molecule has 0 heterocycles. The van der Waals surface area contributed by atoms with Crippen LogP contribution in [0.2, 0.25) is 10.0 Å². The first-order valence-electron chi connectivity index (χ1n) is 7.25. The smallest absolute Gasteiger partial charge is 0.331 e. The highest BCUT2D eigenvalue weighted by Gasteiger charge is 2.17. The number of hydrogen-bond acceptors (Lipinski definition) is 3. The van der Waals surface area contributed by atoms with Gasteiger partial charge in [0.05, 0.1) is 10.7 Å². The fraction of sp³-hybridized carbons (Fsp3) is 0.111. The number of hydrogen-bond donors (Lipinski definition) is 1. The van der Waals surface area contributed by atoms with E-state index in [0.717, 1.165) is 6.08 Å². The Morgan fingerprint density at radius 1 is 1.16 bits per heavy atom. The molecule has 1 N–H and O–H groups in total. The Labute approximate surface area is 154 Å². The highest BCUT2D eigenvalue weighted by Crippen LogP contribution is 2.25. The molecule has 7 heteroatoms. The minimum Gasteiger partial charge on any atom is -0.449 e. The van der Waals surface area contributed by atoms with Gasteiger partial charge in [-0.25, -0.2) is 9.18 Å². The molecule has 2 aromatic carbocycles. The van der Waals surface area contributed by atoms with E-state index >= 15 is 0 Å². The van der Waals surface area contributed by atoms with E-state index in [1.165, 1.54) is 43.3 Å². The Hall–Kier alpha value is -2.37. The van der Waals surface area contributed by atoms with Crippen molar-refractivity contribution in [1.29, 1.82) is 0 Å². The van der Waals surface area contributed by atoms with Crippen molar-refractivity contribution in [3.63, 3.8) is 0 Å². The summed E-state index contributed by atoms with van der Waals surface area (Å²) in [6, 6.07) is 10.2. The van der Waals surface area contributed by atoms with E-state index in [1.54, 1.807) is 12.1 Å². The van der Waals surface area contributed by atoms with Crippen molar-refractivity contribution in [1.82, 2.24) is 0 Å². The first-order valence-corrected chi connectivity index (χ1v) is 8.01. The van der Waals surface area contributed by atoms with Gasteiger partial charge in [0.1, 0.15) is 5.82 Å². The predicted octanol–water partition coefficient (Wildman–Crippen LogP) is 4.72. The molecule has 2 rings (SSSR count). The average molecular weight is 382 g/mol. The number of amides is 1. The molecule has 0 aliphatic carbocycles. The normalized spacial score (nSPS) is 12.0. The van der Waals surface area contributed by atoms with Gasteiger partial charge in [0.25, 0.3) is 5.91 Å². The van der Waals surface area contributed by atoms with Crippen LogP contribution in [0.4, 0.5) is 10.1 Å². The first kappa shape index (κ1) is 19.0. The third kappa shape index (κ3) is 5.89. The van der Waals surface area contributed by atoms with Crippen LogP contribution >= 0.6 is 23.2 Å². The van der Waals surface area contributed by atoms with E-state index in [2.05, 4.69) is 5.32 Å². The summed E-state index contributed by atoms with van der Waals surface area (Å²) in [5.41, 5.74) is 0.949. The van der Waals surface area contributed by atoms with Gasteiger partial charge in [0.15, 0.2) is 6.10 Å². The van der Waals surface area contributed by atoms with Crippen molar-refractivity contribution in [2.75, 3.05) is 5.32 Å². The van der Waals surface area contributed by atoms with Crippen LogP contribution in [0.15, 0.2) is 48.5 Å². The van der Waals surface area contributed by atoms with Crippen LogP contribution in [0.25, 0.3) is 6.08 Å². The van der Waals surface area contributed by atoms with Crippen LogP contribution in [0.1, 0.15) is 12.5 Å². The zero-order valence-electron chi connectivity index (χ0n) is 13.1. The molecule has 1 unspecified atom stereocenters. The van der Waals surface area contributed by atoms with Crippen molar-refractivity contribution in [2.45, 2.75) is 13.0 Å². The number of esters is 1. The quantitative estimate of drug-likeness (QED) is 0.602. The lowest BCUT2D eigenvalue weighted by Gasteiger charge is -2.13. The molecule has 4 nitrogen and oxygen atoms in total. The summed E-state index contributed by atoms with van der Waals surface area (Å²) >= 11 is 11.8. The largest absolute Gasteiger partial charge is 0.449 e. The standard InChI is InChI=1S/C18H14Cl2FNO3/c1-11(18(24)22-16-10-13(19)5-8-15(16)20)25-17(23)9-4-12-2-6-14(21)7-3-12/h2-11H,1H3,(H,22,24). The number of rotatable bonds is 5. The van der Waals surface area contributed by atoms with Crippen LogP contribution in [0.3, 0.4) is 0 Å². The van der Waals surface area contributed by atoms with Gasteiger partial charge in [0.2, 0.25) is 0 Å². The van der Waals surface area contributed by atoms with Crippen molar-refractivity contribution in [3.05, 3.63) is 70.0 Å². The lowest BCUT2D eigenvalue weighted by molar-refractivity contribution is -0.148. The van der Waals surface area contributed by atoms with Crippen molar-refractivity contribution >= 4 is 46.8 Å². The van der Waals surface area contributed by atoms with E-state index in [1.807, 2.05) is 0 Å². The topological polar surface area (TPSA) is 55.4 Å². The molecule has 0 radical (unpaired) electrons. The third-order valence-electron chi connectivity index (χ3n) is 3.13. The Bertz CT molecular complexity index is 806. The lowest BCUT2D eigenvalue weighted by Crippen LogP contribution is -2.29. The molecule has 0 fully saturated rings. The molecule has 2 aromatic rings. The number of benzene rings is 2. The summed E-state index contributed by atoms with van der Waals surface area (Å²) in [5, 5.41) is 3.26. The summed E-state index contributed by atoms with van der Waals surface area (Å²) < 4.78 is 17.8.